The van der Waals surface area contributed by atoms with Crippen molar-refractivity contribution in [3.8, 4) is 11.5 Å². The fourth-order valence-electron chi connectivity index (χ4n) is 2.97. The monoisotopic (exact) mass is 420 g/mol. The smallest absolute Gasteiger partial charge is 0.277 e. The second kappa shape index (κ2) is 7.70. The van der Waals surface area contributed by atoms with Gasteiger partial charge in [-0.05, 0) is 40.9 Å². The van der Waals surface area contributed by atoms with Crippen LogP contribution in [-0.4, -0.2) is 20.4 Å². The Morgan fingerprint density at radius 2 is 1.84 bits per heavy atom. The molecule has 2 aromatic heterocycles. The van der Waals surface area contributed by atoms with Crippen LogP contribution in [0.4, 0.5) is 0 Å². The quantitative estimate of drug-likeness (QED) is 0.523. The first-order valence-electron chi connectivity index (χ1n) is 8.33. The van der Waals surface area contributed by atoms with E-state index in [2.05, 4.69) is 36.3 Å². The van der Waals surface area contributed by atoms with Crippen molar-refractivity contribution >= 4 is 27.7 Å². The van der Waals surface area contributed by atoms with Crippen LogP contribution in [0.1, 0.15) is 49.8 Å². The van der Waals surface area contributed by atoms with Crippen LogP contribution in [0.25, 0.3) is 11.5 Å². The summed E-state index contributed by atoms with van der Waals surface area (Å²) in [5, 5.41) is 17.1. The highest BCUT2D eigenvalue weighted by Gasteiger charge is 2.21. The fourth-order valence-corrected chi connectivity index (χ4v) is 4.03. The van der Waals surface area contributed by atoms with Crippen LogP contribution in [0.2, 0.25) is 0 Å². The number of hydrogen-bond acceptors (Lipinski definition) is 7. The maximum atomic E-state index is 5.80. The molecule has 25 heavy (non-hydrogen) atoms. The summed E-state index contributed by atoms with van der Waals surface area (Å²) in [5.74, 6) is 2.72. The molecule has 8 heteroatoms. The van der Waals surface area contributed by atoms with Crippen LogP contribution in [0.5, 0.6) is 0 Å². The van der Waals surface area contributed by atoms with Crippen molar-refractivity contribution in [2.24, 2.45) is 0 Å². The number of thioether (sulfide) groups is 1. The summed E-state index contributed by atoms with van der Waals surface area (Å²) in [6, 6.07) is 7.76. The lowest BCUT2D eigenvalue weighted by Gasteiger charge is -2.17. The van der Waals surface area contributed by atoms with Crippen molar-refractivity contribution in [2.45, 2.75) is 49.0 Å². The van der Waals surface area contributed by atoms with E-state index < -0.39 is 0 Å². The third kappa shape index (κ3) is 3.95. The number of halogens is 1. The van der Waals surface area contributed by atoms with Crippen LogP contribution in [-0.2, 0) is 5.75 Å². The molecule has 0 spiro atoms. The van der Waals surface area contributed by atoms with Gasteiger partial charge in [0.25, 0.3) is 5.22 Å². The molecule has 1 aliphatic rings. The molecule has 130 valence electrons. The van der Waals surface area contributed by atoms with Crippen molar-refractivity contribution in [2.75, 3.05) is 0 Å². The molecule has 0 bridgehead atoms. The lowest BCUT2D eigenvalue weighted by Crippen LogP contribution is -2.04. The van der Waals surface area contributed by atoms with Gasteiger partial charge in [0.15, 0.2) is 0 Å². The highest BCUT2D eigenvalue weighted by atomic mass is 79.9. The van der Waals surface area contributed by atoms with E-state index in [9.17, 15) is 0 Å². The Balaban J connectivity index is 1.39. The number of nitrogens with zero attached hydrogens (tertiary/aromatic N) is 4. The zero-order chi connectivity index (χ0) is 17.1. The first-order chi connectivity index (χ1) is 12.3. The highest BCUT2D eigenvalue weighted by molar-refractivity contribution is 9.10. The Morgan fingerprint density at radius 3 is 2.68 bits per heavy atom. The molecule has 0 unspecified atom stereocenters. The lowest BCUT2D eigenvalue weighted by atomic mass is 9.89. The van der Waals surface area contributed by atoms with Gasteiger partial charge in [-0.15, -0.1) is 20.4 Å². The number of benzene rings is 1. The average Bonchev–Trinajstić information content (AvgIpc) is 3.31. The Labute approximate surface area is 157 Å². The summed E-state index contributed by atoms with van der Waals surface area (Å²) in [6.07, 6.45) is 6.09. The number of hydrogen-bond donors (Lipinski definition) is 0. The van der Waals surface area contributed by atoms with Gasteiger partial charge < -0.3 is 8.83 Å². The van der Waals surface area contributed by atoms with Crippen LogP contribution in [0.15, 0.2) is 42.8 Å². The van der Waals surface area contributed by atoms with Crippen molar-refractivity contribution in [3.05, 3.63) is 40.5 Å². The van der Waals surface area contributed by atoms with E-state index >= 15 is 0 Å². The first-order valence-corrected chi connectivity index (χ1v) is 10.1. The summed E-state index contributed by atoms with van der Waals surface area (Å²) in [6.45, 7) is 0. The van der Waals surface area contributed by atoms with Gasteiger partial charge >= 0.3 is 0 Å². The van der Waals surface area contributed by atoms with E-state index in [-0.39, 0.29) is 0 Å². The van der Waals surface area contributed by atoms with Gasteiger partial charge in [0.1, 0.15) is 0 Å². The molecule has 1 fully saturated rings. The van der Waals surface area contributed by atoms with Crippen LogP contribution >= 0.6 is 27.7 Å². The van der Waals surface area contributed by atoms with Gasteiger partial charge in [-0.2, -0.15) is 0 Å². The number of rotatable bonds is 5. The minimum Gasteiger partial charge on any atom is -0.420 e. The summed E-state index contributed by atoms with van der Waals surface area (Å²) < 4.78 is 12.5. The van der Waals surface area contributed by atoms with Gasteiger partial charge in [0.05, 0.1) is 11.3 Å². The predicted octanol–water partition coefficient (Wildman–Crippen LogP) is 5.22. The molecule has 0 saturated heterocycles. The van der Waals surface area contributed by atoms with E-state index in [1.165, 1.54) is 31.0 Å². The van der Waals surface area contributed by atoms with Crippen LogP contribution in [0.3, 0.4) is 0 Å². The number of aromatic nitrogens is 4. The lowest BCUT2D eigenvalue weighted by molar-refractivity contribution is 0.334. The Kier molecular flexibility index (Phi) is 5.17. The molecule has 4 rings (SSSR count). The molecule has 0 atom stereocenters. The summed E-state index contributed by atoms with van der Waals surface area (Å²) >= 11 is 4.92. The largest absolute Gasteiger partial charge is 0.420 e. The normalized spacial score (nSPS) is 15.6. The molecular weight excluding hydrogens is 404 g/mol. The van der Waals surface area contributed by atoms with Crippen molar-refractivity contribution in [3.63, 3.8) is 0 Å². The van der Waals surface area contributed by atoms with Gasteiger partial charge in [0, 0.05) is 10.4 Å². The van der Waals surface area contributed by atoms with Crippen molar-refractivity contribution < 1.29 is 8.83 Å². The molecule has 2 heterocycles. The minimum absolute atomic E-state index is 0.418. The van der Waals surface area contributed by atoms with E-state index in [1.807, 2.05) is 24.3 Å². The fraction of sp³-hybridized carbons (Fsp3) is 0.412. The second-order valence-corrected chi connectivity index (χ2v) is 7.79. The minimum atomic E-state index is 0.418. The maximum absolute atomic E-state index is 5.80. The molecule has 1 saturated carbocycles. The molecule has 0 aliphatic heterocycles. The van der Waals surface area contributed by atoms with Gasteiger partial charge in [-0.25, -0.2) is 0 Å². The van der Waals surface area contributed by atoms with E-state index in [0.29, 0.717) is 28.7 Å². The molecule has 1 aromatic carbocycles. The van der Waals surface area contributed by atoms with E-state index in [0.717, 1.165) is 28.8 Å². The summed E-state index contributed by atoms with van der Waals surface area (Å²) in [5.41, 5.74) is 0.878. The third-order valence-electron chi connectivity index (χ3n) is 4.27. The predicted molar refractivity (Wildman–Crippen MR) is 97.1 cm³/mol. The average molecular weight is 421 g/mol. The SMILES string of the molecule is Brc1ccccc1-c1nnc(CSc2nnc(C3CCCCC3)o2)o1. The van der Waals surface area contributed by atoms with E-state index in [4.69, 9.17) is 8.83 Å². The van der Waals surface area contributed by atoms with Crippen molar-refractivity contribution in [1.29, 1.82) is 0 Å². The van der Waals surface area contributed by atoms with Gasteiger partial charge in [-0.1, -0.05) is 43.2 Å². The third-order valence-corrected chi connectivity index (χ3v) is 5.76. The van der Waals surface area contributed by atoms with Gasteiger partial charge in [-0.3, -0.25) is 0 Å². The first kappa shape index (κ1) is 16.8. The highest BCUT2D eigenvalue weighted by Crippen LogP contribution is 2.33. The molecule has 0 N–H and O–H groups in total. The molecule has 6 nitrogen and oxygen atoms in total. The Bertz CT molecular complexity index is 845. The van der Waals surface area contributed by atoms with Crippen LogP contribution in [0, 0.1) is 0 Å². The molecular formula is C17H17BrN4O2S. The molecule has 0 amide bonds. The second-order valence-electron chi connectivity index (χ2n) is 6.01. The van der Waals surface area contributed by atoms with Crippen LogP contribution < -0.4 is 0 Å². The molecule has 3 aromatic rings. The Hall–Kier alpha value is -1.67. The van der Waals surface area contributed by atoms with Crippen molar-refractivity contribution in [1.82, 2.24) is 20.4 Å². The topological polar surface area (TPSA) is 77.8 Å². The van der Waals surface area contributed by atoms with E-state index in [1.54, 1.807) is 0 Å². The molecule has 0 radical (unpaired) electrons. The zero-order valence-electron chi connectivity index (χ0n) is 13.5. The standard InChI is InChI=1S/C17H17BrN4O2S/c18-13-9-5-4-8-12(13)16-21-19-14(23-16)10-25-17-22-20-15(24-17)11-6-2-1-3-7-11/h4-5,8-9,11H,1-3,6-7,10H2. The summed E-state index contributed by atoms with van der Waals surface area (Å²) in [7, 11) is 0. The molecule has 1 aliphatic carbocycles. The zero-order valence-corrected chi connectivity index (χ0v) is 15.9. The van der Waals surface area contributed by atoms with Gasteiger partial charge in [0.2, 0.25) is 17.7 Å². The maximum Gasteiger partial charge on any atom is 0.277 e. The Morgan fingerprint density at radius 1 is 1.00 bits per heavy atom. The summed E-state index contributed by atoms with van der Waals surface area (Å²) in [4.78, 5) is 0.